The predicted octanol–water partition coefficient (Wildman–Crippen LogP) is 5.13. The molecular weight excluding hydrogens is 364 g/mol. The van der Waals surface area contributed by atoms with Gasteiger partial charge in [0.2, 0.25) is 0 Å². The zero-order valence-corrected chi connectivity index (χ0v) is 16.8. The lowest BCUT2D eigenvalue weighted by Gasteiger charge is -2.31. The number of phenols is 2. The van der Waals surface area contributed by atoms with Gasteiger partial charge in [0.1, 0.15) is 11.5 Å². The highest BCUT2D eigenvalue weighted by atomic mass is 16.6. The third kappa shape index (κ3) is 2.87. The van der Waals surface area contributed by atoms with Crippen molar-refractivity contribution in [3.05, 3.63) is 93.5 Å². The van der Waals surface area contributed by atoms with Gasteiger partial charge in [0.15, 0.2) is 5.60 Å². The van der Waals surface area contributed by atoms with Crippen LogP contribution in [0.2, 0.25) is 0 Å². The average molecular weight is 388 g/mol. The van der Waals surface area contributed by atoms with Gasteiger partial charge < -0.3 is 14.9 Å². The van der Waals surface area contributed by atoms with Crippen molar-refractivity contribution in [1.82, 2.24) is 0 Å². The molecule has 1 atom stereocenters. The topological polar surface area (TPSA) is 66.8 Å². The minimum atomic E-state index is -1.13. The third-order valence-corrected chi connectivity index (χ3v) is 5.68. The fraction of sp³-hybridized carbons (Fsp3) is 0.240. The molecule has 148 valence electrons. The molecule has 0 radical (unpaired) electrons. The Morgan fingerprint density at radius 2 is 1.66 bits per heavy atom. The van der Waals surface area contributed by atoms with Crippen LogP contribution in [0.3, 0.4) is 0 Å². The molecule has 2 N–H and O–H groups in total. The molecule has 1 aliphatic rings. The molecule has 3 aromatic carbocycles. The first-order chi connectivity index (χ1) is 13.9. The maximum atomic E-state index is 12.8. The number of esters is 1. The summed E-state index contributed by atoms with van der Waals surface area (Å²) in [6, 6.07) is 16.5. The van der Waals surface area contributed by atoms with Crippen LogP contribution in [-0.2, 0) is 16.8 Å². The van der Waals surface area contributed by atoms with Gasteiger partial charge in [0, 0.05) is 16.7 Å². The molecule has 0 fully saturated rings. The second kappa shape index (κ2) is 6.96. The molecule has 4 rings (SSSR count). The average Bonchev–Trinajstić information content (AvgIpc) is 3.01. The zero-order valence-electron chi connectivity index (χ0n) is 16.8. The molecule has 1 unspecified atom stereocenters. The molecule has 0 amide bonds. The lowest BCUT2D eigenvalue weighted by molar-refractivity contribution is 0.0251. The molecule has 0 aromatic heterocycles. The number of hydrogen-bond acceptors (Lipinski definition) is 4. The number of hydrogen-bond donors (Lipinski definition) is 2. The number of rotatable bonds is 4. The summed E-state index contributed by atoms with van der Waals surface area (Å²) >= 11 is 0. The minimum Gasteiger partial charge on any atom is -0.508 e. The molecular formula is C25H24O4. The van der Waals surface area contributed by atoms with Crippen LogP contribution in [0.1, 0.15) is 57.1 Å². The molecule has 4 heteroatoms. The van der Waals surface area contributed by atoms with Gasteiger partial charge in [-0.2, -0.15) is 0 Å². The lowest BCUT2D eigenvalue weighted by atomic mass is 9.78. The van der Waals surface area contributed by atoms with E-state index >= 15 is 0 Å². The van der Waals surface area contributed by atoms with Crippen LogP contribution >= 0.6 is 0 Å². The van der Waals surface area contributed by atoms with Crippen LogP contribution in [0.4, 0.5) is 0 Å². The standard InChI is InChI=1S/C25H24O4/c1-4-7-17-14-19(13-16(3)23(17)27)25(18-10-11-22(26)15(2)12-18)21-9-6-5-8-20(21)24(28)29-25/h5-6,8-14,26-27H,4,7H2,1-3H3. The first kappa shape index (κ1) is 19.1. The van der Waals surface area contributed by atoms with Gasteiger partial charge in [-0.05, 0) is 67.3 Å². The highest BCUT2D eigenvalue weighted by molar-refractivity contribution is 5.96. The second-order valence-electron chi connectivity index (χ2n) is 7.67. The number of cyclic esters (lactones) is 1. The van der Waals surface area contributed by atoms with Crippen molar-refractivity contribution in [2.45, 2.75) is 39.2 Å². The van der Waals surface area contributed by atoms with Crippen molar-refractivity contribution in [3.8, 4) is 11.5 Å². The Morgan fingerprint density at radius 3 is 2.38 bits per heavy atom. The maximum absolute atomic E-state index is 12.8. The van der Waals surface area contributed by atoms with E-state index in [0.717, 1.165) is 40.7 Å². The fourth-order valence-corrected chi connectivity index (χ4v) is 4.20. The van der Waals surface area contributed by atoms with Crippen LogP contribution in [0.5, 0.6) is 11.5 Å². The number of carbonyl (C=O) groups is 1. The number of carbonyl (C=O) groups excluding carboxylic acids is 1. The Labute approximate surface area is 170 Å². The Hall–Kier alpha value is -3.27. The summed E-state index contributed by atoms with van der Waals surface area (Å²) in [5.41, 5.74) is 3.99. The molecule has 0 aliphatic carbocycles. The first-order valence-electron chi connectivity index (χ1n) is 9.84. The number of aromatic hydroxyl groups is 2. The largest absolute Gasteiger partial charge is 0.508 e. The van der Waals surface area contributed by atoms with Crippen molar-refractivity contribution in [2.75, 3.05) is 0 Å². The van der Waals surface area contributed by atoms with E-state index in [1.165, 1.54) is 0 Å². The smallest absolute Gasteiger partial charge is 0.340 e. The van der Waals surface area contributed by atoms with E-state index in [2.05, 4.69) is 6.92 Å². The molecule has 4 nitrogen and oxygen atoms in total. The molecule has 0 spiro atoms. The van der Waals surface area contributed by atoms with Gasteiger partial charge >= 0.3 is 5.97 Å². The Balaban J connectivity index is 2.06. The van der Waals surface area contributed by atoms with Crippen molar-refractivity contribution in [2.24, 2.45) is 0 Å². The number of ether oxygens (including phenoxy) is 1. The lowest BCUT2D eigenvalue weighted by Crippen LogP contribution is -2.30. The van der Waals surface area contributed by atoms with Crippen LogP contribution in [-0.4, -0.2) is 16.2 Å². The molecule has 0 bridgehead atoms. The Bertz CT molecular complexity index is 1120. The van der Waals surface area contributed by atoms with E-state index in [1.807, 2.05) is 50.2 Å². The summed E-state index contributed by atoms with van der Waals surface area (Å²) < 4.78 is 6.11. The highest BCUT2D eigenvalue weighted by Gasteiger charge is 2.48. The number of fused-ring (bicyclic) bond motifs is 1. The summed E-state index contributed by atoms with van der Waals surface area (Å²) in [4.78, 5) is 12.8. The molecule has 0 saturated carbocycles. The van der Waals surface area contributed by atoms with Crippen molar-refractivity contribution >= 4 is 5.97 Å². The van der Waals surface area contributed by atoms with E-state index < -0.39 is 5.60 Å². The summed E-state index contributed by atoms with van der Waals surface area (Å²) in [6.45, 7) is 5.74. The van der Waals surface area contributed by atoms with E-state index in [9.17, 15) is 15.0 Å². The van der Waals surface area contributed by atoms with Crippen molar-refractivity contribution < 1.29 is 19.7 Å². The number of benzene rings is 3. The summed E-state index contributed by atoms with van der Waals surface area (Å²) in [5, 5.41) is 20.6. The number of aryl methyl sites for hydroxylation is 3. The van der Waals surface area contributed by atoms with Crippen molar-refractivity contribution in [3.63, 3.8) is 0 Å². The molecule has 1 heterocycles. The van der Waals surface area contributed by atoms with Crippen LogP contribution < -0.4 is 0 Å². The SMILES string of the molecule is CCCc1cc(C2(c3ccc(O)c(C)c3)OC(=O)c3ccccc32)cc(C)c1O. The van der Waals surface area contributed by atoms with Gasteiger partial charge in [-0.25, -0.2) is 4.79 Å². The van der Waals surface area contributed by atoms with E-state index in [-0.39, 0.29) is 17.5 Å². The Morgan fingerprint density at radius 1 is 0.931 bits per heavy atom. The highest BCUT2D eigenvalue weighted by Crippen LogP contribution is 2.48. The monoisotopic (exact) mass is 388 g/mol. The van der Waals surface area contributed by atoms with Gasteiger partial charge in [-0.1, -0.05) is 37.6 Å². The quantitative estimate of drug-likeness (QED) is 0.608. The Kier molecular flexibility index (Phi) is 4.58. The van der Waals surface area contributed by atoms with Gasteiger partial charge in [0.25, 0.3) is 0 Å². The molecule has 3 aromatic rings. The maximum Gasteiger partial charge on any atom is 0.340 e. The minimum absolute atomic E-state index is 0.190. The number of phenolic OH excluding ortho intramolecular Hbond substituents is 2. The molecule has 29 heavy (non-hydrogen) atoms. The predicted molar refractivity (Wildman–Crippen MR) is 111 cm³/mol. The van der Waals surface area contributed by atoms with Crippen molar-refractivity contribution in [1.29, 1.82) is 0 Å². The summed E-state index contributed by atoms with van der Waals surface area (Å²) in [6.07, 6.45) is 1.61. The van der Waals surface area contributed by atoms with Crippen LogP contribution in [0.25, 0.3) is 0 Å². The van der Waals surface area contributed by atoms with Gasteiger partial charge in [0.05, 0.1) is 5.56 Å². The van der Waals surface area contributed by atoms with E-state index in [0.29, 0.717) is 11.1 Å². The molecule has 1 aliphatic heterocycles. The van der Waals surface area contributed by atoms with Gasteiger partial charge in [-0.15, -0.1) is 0 Å². The fourth-order valence-electron chi connectivity index (χ4n) is 4.20. The summed E-state index contributed by atoms with van der Waals surface area (Å²) in [5.74, 6) is 0.0920. The first-order valence-corrected chi connectivity index (χ1v) is 9.84. The summed E-state index contributed by atoms with van der Waals surface area (Å²) in [7, 11) is 0. The van der Waals surface area contributed by atoms with Crippen LogP contribution in [0, 0.1) is 13.8 Å². The van der Waals surface area contributed by atoms with Gasteiger partial charge in [-0.3, -0.25) is 0 Å². The second-order valence-corrected chi connectivity index (χ2v) is 7.67. The normalized spacial score (nSPS) is 17.8. The van der Waals surface area contributed by atoms with Crippen LogP contribution in [0.15, 0.2) is 54.6 Å². The third-order valence-electron chi connectivity index (χ3n) is 5.68. The zero-order chi connectivity index (χ0) is 20.8. The molecule has 0 saturated heterocycles. The van der Waals surface area contributed by atoms with E-state index in [1.54, 1.807) is 18.2 Å². The van der Waals surface area contributed by atoms with E-state index in [4.69, 9.17) is 4.74 Å².